The summed E-state index contributed by atoms with van der Waals surface area (Å²) in [5, 5.41) is 22.3. The van der Waals surface area contributed by atoms with Gasteiger partial charge in [-0.1, -0.05) is 18.2 Å². The molecule has 1 atom stereocenters. The summed E-state index contributed by atoms with van der Waals surface area (Å²) >= 11 is 0. The van der Waals surface area contributed by atoms with Crippen LogP contribution in [-0.2, 0) is 11.2 Å². The van der Waals surface area contributed by atoms with Crippen LogP contribution in [0.2, 0.25) is 0 Å². The number of anilines is 1. The van der Waals surface area contributed by atoms with Gasteiger partial charge >= 0.3 is 6.03 Å². The van der Waals surface area contributed by atoms with Crippen molar-refractivity contribution in [3.05, 3.63) is 100 Å². The number of amides is 2. The first-order valence-electron chi connectivity index (χ1n) is 13.5. The van der Waals surface area contributed by atoms with Crippen LogP contribution in [0.4, 0.5) is 10.5 Å². The molecule has 0 radical (unpaired) electrons. The fourth-order valence-electron chi connectivity index (χ4n) is 5.19. The van der Waals surface area contributed by atoms with Crippen LogP contribution in [0.3, 0.4) is 0 Å². The fraction of sp³-hybridized carbons (Fsp3) is 0.250. The van der Waals surface area contributed by atoms with E-state index in [0.29, 0.717) is 11.3 Å². The lowest BCUT2D eigenvalue weighted by Crippen LogP contribution is -2.48. The highest BCUT2D eigenvalue weighted by atomic mass is 16.5. The molecule has 1 fully saturated rings. The van der Waals surface area contributed by atoms with Gasteiger partial charge in [-0.3, -0.25) is 10.4 Å². The summed E-state index contributed by atoms with van der Waals surface area (Å²) in [7, 11) is 3.60. The topological polar surface area (TPSA) is 117 Å². The number of piperazine rings is 1. The SMILES string of the molecule is COC1C2=Cc3cccnc3Cc3ccc(cc32)C=C1N(C)C=N.N#Cc1ccc(NC(=O)N2CCNCC2)cc1. The Morgan fingerprint density at radius 2 is 1.98 bits per heavy atom. The summed E-state index contributed by atoms with van der Waals surface area (Å²) in [6, 6.07) is 19.4. The summed E-state index contributed by atoms with van der Waals surface area (Å²) in [6.07, 6.45) is 8.04. The second-order valence-corrected chi connectivity index (χ2v) is 10.0. The Kier molecular flexibility index (Phi) is 8.53. The third-order valence-electron chi connectivity index (χ3n) is 7.41. The second kappa shape index (κ2) is 12.6. The maximum Gasteiger partial charge on any atom is 0.321 e. The number of likely N-dealkylation sites (N-methyl/N-ethyl adjacent to an activating group) is 1. The van der Waals surface area contributed by atoms with Gasteiger partial charge in [0.2, 0.25) is 0 Å². The van der Waals surface area contributed by atoms with Gasteiger partial charge in [-0.15, -0.1) is 0 Å². The minimum atomic E-state index is -0.221. The van der Waals surface area contributed by atoms with Gasteiger partial charge in [0.25, 0.3) is 0 Å². The lowest BCUT2D eigenvalue weighted by Gasteiger charge is -2.27. The van der Waals surface area contributed by atoms with Crippen molar-refractivity contribution in [2.45, 2.75) is 12.5 Å². The van der Waals surface area contributed by atoms with Crippen LogP contribution in [0.15, 0.2) is 66.5 Å². The average molecular weight is 548 g/mol. The summed E-state index contributed by atoms with van der Waals surface area (Å²) in [5.74, 6) is 0. The molecule has 2 amide bonds. The number of urea groups is 1. The molecule has 2 heterocycles. The van der Waals surface area contributed by atoms with Crippen LogP contribution < -0.4 is 10.6 Å². The standard InChI is InChI=1S/C20H19N3O.C12H14N4O/c1-23(12-21)19-9-13-5-6-14-11-18-15(4-3-7-22-18)10-17(16(14)8-13)20(19)24-2;13-9-10-1-3-11(4-2-10)15-12(17)16-7-5-14-6-8-16/h3-10,12,20-21H,11H2,1-2H3;1-4,14H,5-8H2,(H,15,17). The molecular weight excluding hydrogens is 514 g/mol. The predicted octanol–water partition coefficient (Wildman–Crippen LogP) is 4.43. The molecule has 2 bridgehead atoms. The van der Waals surface area contributed by atoms with Crippen LogP contribution in [0.1, 0.15) is 33.5 Å². The minimum Gasteiger partial charge on any atom is -0.370 e. The zero-order valence-electron chi connectivity index (χ0n) is 23.2. The molecule has 1 unspecified atom stereocenters. The van der Waals surface area contributed by atoms with Crippen molar-refractivity contribution in [2.24, 2.45) is 0 Å². The van der Waals surface area contributed by atoms with Gasteiger partial charge in [0.1, 0.15) is 6.10 Å². The van der Waals surface area contributed by atoms with Crippen LogP contribution in [0, 0.1) is 16.7 Å². The van der Waals surface area contributed by atoms with Crippen LogP contribution in [-0.4, -0.2) is 73.6 Å². The number of nitrogens with one attached hydrogen (secondary N) is 3. The molecule has 3 aliphatic rings. The van der Waals surface area contributed by atoms with E-state index in [1.165, 1.54) is 17.5 Å². The Balaban J connectivity index is 0.000000175. The number of ether oxygens (including phenoxy) is 1. The number of fused-ring (bicyclic) bond motifs is 2. The molecule has 1 aromatic heterocycles. The quantitative estimate of drug-likeness (QED) is 0.329. The molecule has 9 heteroatoms. The summed E-state index contributed by atoms with van der Waals surface area (Å²) < 4.78 is 5.87. The summed E-state index contributed by atoms with van der Waals surface area (Å²) in [6.45, 7) is 3.12. The molecule has 1 saturated heterocycles. The Bertz CT molecular complexity index is 1530. The maximum atomic E-state index is 11.8. The van der Waals surface area contributed by atoms with E-state index in [2.05, 4.69) is 52.0 Å². The molecule has 3 aromatic rings. The van der Waals surface area contributed by atoms with E-state index in [4.69, 9.17) is 15.4 Å². The van der Waals surface area contributed by atoms with Gasteiger partial charge in [-0.05, 0) is 76.4 Å². The normalized spacial score (nSPS) is 16.7. The molecule has 41 heavy (non-hydrogen) atoms. The second-order valence-electron chi connectivity index (χ2n) is 10.0. The van der Waals surface area contributed by atoms with Crippen LogP contribution in [0.25, 0.3) is 17.7 Å². The van der Waals surface area contributed by atoms with E-state index in [9.17, 15) is 4.79 Å². The average Bonchev–Trinajstić information content (AvgIpc) is 3.25. The highest BCUT2D eigenvalue weighted by Crippen LogP contribution is 2.38. The van der Waals surface area contributed by atoms with E-state index in [-0.39, 0.29) is 12.1 Å². The predicted molar refractivity (Wildman–Crippen MR) is 161 cm³/mol. The Labute approximate surface area is 240 Å². The number of benzene rings is 2. The smallest absolute Gasteiger partial charge is 0.321 e. The summed E-state index contributed by atoms with van der Waals surface area (Å²) in [4.78, 5) is 20.0. The molecular formula is C32H33N7O2. The van der Waals surface area contributed by atoms with E-state index in [1.807, 2.05) is 25.4 Å². The maximum absolute atomic E-state index is 11.8. The third kappa shape index (κ3) is 6.19. The number of aromatic nitrogens is 1. The lowest BCUT2D eigenvalue weighted by atomic mass is 9.95. The zero-order valence-corrected chi connectivity index (χ0v) is 23.2. The molecule has 9 nitrogen and oxygen atoms in total. The van der Waals surface area contributed by atoms with Gasteiger partial charge in [0.05, 0.1) is 29.4 Å². The van der Waals surface area contributed by atoms with Crippen molar-refractivity contribution in [2.75, 3.05) is 45.7 Å². The number of nitriles is 1. The molecule has 3 N–H and O–H groups in total. The molecule has 6 rings (SSSR count). The number of hydrogen-bond acceptors (Lipinski definition) is 6. The fourth-order valence-corrected chi connectivity index (χ4v) is 5.19. The van der Waals surface area contributed by atoms with E-state index < -0.39 is 0 Å². The number of nitrogens with zero attached hydrogens (tertiary/aromatic N) is 4. The van der Waals surface area contributed by atoms with Crippen molar-refractivity contribution in [1.29, 1.82) is 10.7 Å². The van der Waals surface area contributed by atoms with Crippen molar-refractivity contribution in [3.63, 3.8) is 0 Å². The molecule has 0 spiro atoms. The molecule has 2 aromatic carbocycles. The van der Waals surface area contributed by atoms with Gasteiger partial charge in [0, 0.05) is 58.6 Å². The van der Waals surface area contributed by atoms with Gasteiger partial charge in [0.15, 0.2) is 0 Å². The summed E-state index contributed by atoms with van der Waals surface area (Å²) in [5.41, 5.74) is 9.20. The number of methoxy groups -OCH3 is 1. The number of carbonyl (C=O) groups is 1. The Morgan fingerprint density at radius 1 is 1.20 bits per heavy atom. The van der Waals surface area contributed by atoms with Crippen molar-refractivity contribution in [3.8, 4) is 6.07 Å². The van der Waals surface area contributed by atoms with E-state index in [0.717, 1.165) is 60.7 Å². The van der Waals surface area contributed by atoms with E-state index in [1.54, 1.807) is 41.2 Å². The van der Waals surface area contributed by atoms with Gasteiger partial charge < -0.3 is 25.2 Å². The minimum absolute atomic E-state index is 0.0868. The molecule has 1 aliphatic heterocycles. The van der Waals surface area contributed by atoms with E-state index >= 15 is 0 Å². The number of pyridine rings is 1. The molecule has 2 aliphatic carbocycles. The Hall–Kier alpha value is -4.78. The highest BCUT2D eigenvalue weighted by molar-refractivity contribution is 5.92. The highest BCUT2D eigenvalue weighted by Gasteiger charge is 2.29. The monoisotopic (exact) mass is 547 g/mol. The van der Waals surface area contributed by atoms with Crippen LogP contribution in [0.5, 0.6) is 0 Å². The number of rotatable bonds is 4. The van der Waals surface area contributed by atoms with Crippen molar-refractivity contribution >= 4 is 35.8 Å². The van der Waals surface area contributed by atoms with Crippen molar-refractivity contribution < 1.29 is 9.53 Å². The number of carbonyl (C=O) groups excluding carboxylic acids is 1. The van der Waals surface area contributed by atoms with Gasteiger partial charge in [-0.25, -0.2) is 4.79 Å². The molecule has 208 valence electrons. The first-order valence-corrected chi connectivity index (χ1v) is 13.5. The first kappa shape index (κ1) is 27.8. The largest absolute Gasteiger partial charge is 0.370 e. The zero-order chi connectivity index (χ0) is 28.8. The lowest BCUT2D eigenvalue weighted by molar-refractivity contribution is 0.162. The first-order chi connectivity index (χ1) is 20.0. The molecule has 0 saturated carbocycles. The Morgan fingerprint density at radius 3 is 2.68 bits per heavy atom. The van der Waals surface area contributed by atoms with Crippen LogP contribution >= 0.6 is 0 Å². The number of hydrogen-bond donors (Lipinski definition) is 3. The van der Waals surface area contributed by atoms with Crippen molar-refractivity contribution in [1.82, 2.24) is 20.1 Å². The van der Waals surface area contributed by atoms with Gasteiger partial charge in [-0.2, -0.15) is 5.26 Å². The third-order valence-corrected chi connectivity index (χ3v) is 7.41.